The molecule has 160 valence electrons. The van der Waals surface area contributed by atoms with E-state index in [0.717, 1.165) is 10.5 Å². The van der Waals surface area contributed by atoms with Crippen LogP contribution in [-0.2, 0) is 16.1 Å². The Bertz CT molecular complexity index is 1280. The highest BCUT2D eigenvalue weighted by Crippen LogP contribution is 2.33. The van der Waals surface area contributed by atoms with Crippen LogP contribution in [0.4, 0.5) is 10.5 Å². The first kappa shape index (κ1) is 21.2. The maximum absolute atomic E-state index is 12.9. The summed E-state index contributed by atoms with van der Waals surface area (Å²) in [4.78, 5) is 48.7. The lowest BCUT2D eigenvalue weighted by Gasteiger charge is -2.26. The zero-order valence-corrected chi connectivity index (χ0v) is 17.9. The molecule has 0 radical (unpaired) electrons. The summed E-state index contributed by atoms with van der Waals surface area (Å²) in [7, 11) is 0. The molecule has 2 aromatic carbocycles. The second-order valence-electron chi connectivity index (χ2n) is 6.82. The number of carbonyl (C=O) groups excluding carboxylic acids is 3. The van der Waals surface area contributed by atoms with Crippen molar-refractivity contribution >= 4 is 45.5 Å². The highest BCUT2D eigenvalue weighted by Gasteiger charge is 2.36. The average molecular weight is 496 g/mol. The number of rotatable bonds is 5. The third kappa shape index (κ3) is 4.21. The van der Waals surface area contributed by atoms with E-state index in [1.54, 1.807) is 36.4 Å². The second-order valence-corrected chi connectivity index (χ2v) is 7.67. The largest absolute Gasteiger partial charge is 0.457 e. The van der Waals surface area contributed by atoms with Gasteiger partial charge in [-0.05, 0) is 45.8 Å². The van der Waals surface area contributed by atoms with Crippen LogP contribution < -0.4 is 5.32 Å². The summed E-state index contributed by atoms with van der Waals surface area (Å²) in [6, 6.07) is 15.5. The molecular weight excluding hydrogens is 482 g/mol. The predicted octanol–water partition coefficient (Wildman–Crippen LogP) is 4.28. The Labute approximate surface area is 189 Å². The first-order chi connectivity index (χ1) is 15.3. The molecule has 10 heteroatoms. The third-order valence-corrected chi connectivity index (χ3v) is 5.37. The molecule has 1 N–H and O–H groups in total. The molecule has 0 spiro atoms. The molecule has 0 unspecified atom stereocenters. The number of benzene rings is 2. The fourth-order valence-electron chi connectivity index (χ4n) is 3.14. The van der Waals surface area contributed by atoms with Crippen LogP contribution in [0.25, 0.3) is 17.4 Å². The summed E-state index contributed by atoms with van der Waals surface area (Å²) in [6.07, 6.45) is 1.25. The van der Waals surface area contributed by atoms with E-state index in [4.69, 9.17) is 4.42 Å². The van der Waals surface area contributed by atoms with Gasteiger partial charge in [-0.25, -0.2) is 4.79 Å². The Kier molecular flexibility index (Phi) is 5.69. The number of urea groups is 1. The number of hydrogen-bond acceptors (Lipinski definition) is 6. The molecule has 1 fully saturated rings. The topological polar surface area (TPSA) is 123 Å². The second kappa shape index (κ2) is 8.60. The van der Waals surface area contributed by atoms with E-state index >= 15 is 0 Å². The standard InChI is InChI=1S/C22H14BrN3O6/c23-18-10-14(26(30)31)6-8-16(18)19-9-7-15(32-19)11-17-20(27)24-22(29)25(21(17)28)12-13-4-2-1-3-5-13/h1-11H,12H2,(H,24,27,29). The lowest BCUT2D eigenvalue weighted by Crippen LogP contribution is -2.53. The van der Waals surface area contributed by atoms with Gasteiger partial charge in [-0.15, -0.1) is 0 Å². The Morgan fingerprint density at radius 2 is 1.81 bits per heavy atom. The van der Waals surface area contributed by atoms with Gasteiger partial charge in [-0.2, -0.15) is 0 Å². The number of nitrogens with one attached hydrogen (secondary N) is 1. The number of non-ortho nitro benzene ring substituents is 1. The van der Waals surface area contributed by atoms with Gasteiger partial charge in [-0.3, -0.25) is 29.9 Å². The van der Waals surface area contributed by atoms with Gasteiger partial charge in [0.15, 0.2) is 0 Å². The average Bonchev–Trinajstić information content (AvgIpc) is 3.23. The number of barbiturate groups is 1. The normalized spacial score (nSPS) is 15.2. The van der Waals surface area contributed by atoms with Crippen molar-refractivity contribution in [3.63, 3.8) is 0 Å². The van der Waals surface area contributed by atoms with Crippen LogP contribution in [0.3, 0.4) is 0 Å². The molecule has 2 heterocycles. The van der Waals surface area contributed by atoms with E-state index in [9.17, 15) is 24.5 Å². The predicted molar refractivity (Wildman–Crippen MR) is 117 cm³/mol. The Morgan fingerprint density at radius 3 is 2.50 bits per heavy atom. The van der Waals surface area contributed by atoms with Crippen LogP contribution in [-0.4, -0.2) is 27.7 Å². The summed E-state index contributed by atoms with van der Waals surface area (Å²) in [6.45, 7) is 0.00920. The van der Waals surface area contributed by atoms with Crippen molar-refractivity contribution in [3.05, 3.63) is 92.1 Å². The number of amides is 4. The summed E-state index contributed by atoms with van der Waals surface area (Å²) in [5, 5.41) is 13.1. The van der Waals surface area contributed by atoms with Crippen LogP contribution in [0.1, 0.15) is 11.3 Å². The zero-order valence-electron chi connectivity index (χ0n) is 16.3. The molecule has 3 aromatic rings. The van der Waals surface area contributed by atoms with Gasteiger partial charge in [0.05, 0.1) is 11.5 Å². The minimum Gasteiger partial charge on any atom is -0.457 e. The van der Waals surface area contributed by atoms with Crippen molar-refractivity contribution in [3.8, 4) is 11.3 Å². The van der Waals surface area contributed by atoms with Gasteiger partial charge in [0.1, 0.15) is 17.1 Å². The Hall–Kier alpha value is -4.05. The maximum atomic E-state index is 12.9. The molecule has 1 aromatic heterocycles. The molecule has 0 saturated carbocycles. The maximum Gasteiger partial charge on any atom is 0.331 e. The van der Waals surface area contributed by atoms with Crippen molar-refractivity contribution in [1.82, 2.24) is 10.2 Å². The van der Waals surface area contributed by atoms with Crippen molar-refractivity contribution in [2.24, 2.45) is 0 Å². The van der Waals surface area contributed by atoms with E-state index in [2.05, 4.69) is 21.2 Å². The van der Waals surface area contributed by atoms with E-state index in [-0.39, 0.29) is 23.6 Å². The van der Waals surface area contributed by atoms with Crippen molar-refractivity contribution in [1.29, 1.82) is 0 Å². The van der Waals surface area contributed by atoms with Crippen molar-refractivity contribution < 1.29 is 23.7 Å². The minimum absolute atomic E-state index is 0.00920. The summed E-state index contributed by atoms with van der Waals surface area (Å²) in [5.74, 6) is -0.979. The van der Waals surface area contributed by atoms with Crippen molar-refractivity contribution in [2.75, 3.05) is 0 Å². The zero-order chi connectivity index (χ0) is 22.8. The molecule has 4 rings (SSSR count). The number of nitrogens with zero attached hydrogens (tertiary/aromatic N) is 2. The first-order valence-corrected chi connectivity index (χ1v) is 10.1. The van der Waals surface area contributed by atoms with Crippen LogP contribution in [0.15, 0.2) is 75.1 Å². The van der Waals surface area contributed by atoms with Crippen LogP contribution in [0.5, 0.6) is 0 Å². The quantitative estimate of drug-likeness (QED) is 0.244. The number of furan rings is 1. The number of halogens is 1. The Balaban J connectivity index is 1.61. The molecule has 1 aliphatic heterocycles. The van der Waals surface area contributed by atoms with Gasteiger partial charge < -0.3 is 4.42 Å². The smallest absolute Gasteiger partial charge is 0.331 e. The summed E-state index contributed by atoms with van der Waals surface area (Å²) in [5.41, 5.74) is 0.958. The number of nitro groups is 1. The van der Waals surface area contributed by atoms with Gasteiger partial charge in [0, 0.05) is 22.2 Å². The summed E-state index contributed by atoms with van der Waals surface area (Å²) >= 11 is 3.28. The third-order valence-electron chi connectivity index (χ3n) is 4.71. The van der Waals surface area contributed by atoms with E-state index in [1.807, 2.05) is 6.07 Å². The van der Waals surface area contributed by atoms with Gasteiger partial charge in [-0.1, -0.05) is 30.3 Å². The van der Waals surface area contributed by atoms with E-state index < -0.39 is 22.8 Å². The highest BCUT2D eigenvalue weighted by molar-refractivity contribution is 9.10. The van der Waals surface area contributed by atoms with Crippen LogP contribution in [0.2, 0.25) is 0 Å². The first-order valence-electron chi connectivity index (χ1n) is 9.30. The molecule has 1 saturated heterocycles. The molecule has 4 amide bonds. The number of hydrogen-bond donors (Lipinski definition) is 1. The fraction of sp³-hybridized carbons (Fsp3) is 0.0455. The van der Waals surface area contributed by atoms with Crippen LogP contribution >= 0.6 is 15.9 Å². The molecule has 9 nitrogen and oxygen atoms in total. The van der Waals surface area contributed by atoms with E-state index in [1.165, 1.54) is 24.3 Å². The molecule has 32 heavy (non-hydrogen) atoms. The lowest BCUT2D eigenvalue weighted by atomic mass is 10.1. The minimum atomic E-state index is -0.821. The Morgan fingerprint density at radius 1 is 1.06 bits per heavy atom. The number of imide groups is 2. The highest BCUT2D eigenvalue weighted by atomic mass is 79.9. The SMILES string of the molecule is O=C1NC(=O)N(Cc2ccccc2)C(=O)C1=Cc1ccc(-c2ccc([N+](=O)[O-])cc2Br)o1. The van der Waals surface area contributed by atoms with Crippen molar-refractivity contribution in [2.45, 2.75) is 6.54 Å². The number of carbonyl (C=O) groups is 3. The van der Waals surface area contributed by atoms with Crippen LogP contribution in [0, 0.1) is 10.1 Å². The molecule has 0 atom stereocenters. The monoisotopic (exact) mass is 495 g/mol. The van der Waals surface area contributed by atoms with E-state index in [0.29, 0.717) is 15.8 Å². The van der Waals surface area contributed by atoms with Gasteiger partial charge in [0.2, 0.25) is 0 Å². The summed E-state index contributed by atoms with van der Waals surface area (Å²) < 4.78 is 6.17. The van der Waals surface area contributed by atoms with Gasteiger partial charge in [0.25, 0.3) is 17.5 Å². The fourth-order valence-corrected chi connectivity index (χ4v) is 3.70. The molecule has 0 bridgehead atoms. The molecule has 1 aliphatic rings. The number of nitro benzene ring substituents is 1. The molecule has 0 aliphatic carbocycles. The van der Waals surface area contributed by atoms with Gasteiger partial charge >= 0.3 is 6.03 Å². The lowest BCUT2D eigenvalue weighted by molar-refractivity contribution is -0.384. The molecular formula is C22H14BrN3O6.